The first-order valence-corrected chi connectivity index (χ1v) is 4.60. The van der Waals surface area contributed by atoms with Gasteiger partial charge in [-0.2, -0.15) is 0 Å². The lowest BCUT2D eigenvalue weighted by atomic mass is 10.1. The van der Waals surface area contributed by atoms with E-state index in [1.807, 2.05) is 19.9 Å². The van der Waals surface area contributed by atoms with Crippen LogP contribution in [0, 0.1) is 0 Å². The van der Waals surface area contributed by atoms with Crippen LogP contribution in [0.15, 0.2) is 23.8 Å². The predicted octanol–water partition coefficient (Wildman–Crippen LogP) is 2.45. The van der Waals surface area contributed by atoms with E-state index in [4.69, 9.17) is 0 Å². The van der Waals surface area contributed by atoms with Gasteiger partial charge in [0.15, 0.2) is 5.78 Å². The molecule has 0 N–H and O–H groups in total. The minimum atomic E-state index is -0.0996. The van der Waals surface area contributed by atoms with E-state index in [1.54, 1.807) is 0 Å². The molecule has 0 bridgehead atoms. The Hall–Kier alpha value is -1.18. The third-order valence-corrected chi connectivity index (χ3v) is 1.62. The summed E-state index contributed by atoms with van der Waals surface area (Å²) in [5.41, 5.74) is 0.547. The molecule has 0 aliphatic rings. The van der Waals surface area contributed by atoms with Crippen molar-refractivity contribution in [3.63, 3.8) is 0 Å². The number of hydrogen-bond donors (Lipinski definition) is 0. The molecular weight excluding hydrogens is 164 g/mol. The summed E-state index contributed by atoms with van der Waals surface area (Å²) < 4.78 is 0. The van der Waals surface area contributed by atoms with Crippen LogP contribution in [0.25, 0.3) is 0 Å². The third-order valence-electron chi connectivity index (χ3n) is 1.62. The summed E-state index contributed by atoms with van der Waals surface area (Å²) in [6.45, 7) is 3.90. The van der Waals surface area contributed by atoms with E-state index in [9.17, 15) is 9.59 Å². The maximum atomic E-state index is 11.1. The largest absolute Gasteiger partial charge is 0.298 e. The zero-order valence-corrected chi connectivity index (χ0v) is 8.25. The second kappa shape index (κ2) is 7.47. The number of rotatable bonds is 6. The highest BCUT2D eigenvalue weighted by molar-refractivity contribution is 6.02. The molecule has 0 aliphatic heterocycles. The molecule has 72 valence electrons. The normalized spacial score (nSPS) is 12.0. The number of aldehydes is 1. The third kappa shape index (κ3) is 6.02. The van der Waals surface area contributed by atoms with Crippen molar-refractivity contribution in [2.75, 3.05) is 0 Å². The van der Waals surface area contributed by atoms with E-state index >= 15 is 0 Å². The van der Waals surface area contributed by atoms with Gasteiger partial charge in [0.05, 0.1) is 0 Å². The van der Waals surface area contributed by atoms with Crippen molar-refractivity contribution < 1.29 is 9.59 Å². The summed E-state index contributed by atoms with van der Waals surface area (Å²) in [4.78, 5) is 21.5. The Morgan fingerprint density at radius 2 is 2.00 bits per heavy atom. The highest BCUT2D eigenvalue weighted by Gasteiger charge is 1.94. The van der Waals surface area contributed by atoms with Crippen molar-refractivity contribution in [3.8, 4) is 0 Å². The van der Waals surface area contributed by atoms with E-state index < -0.39 is 0 Å². The van der Waals surface area contributed by atoms with Gasteiger partial charge in [-0.05, 0) is 30.6 Å². The molecule has 0 aromatic rings. The van der Waals surface area contributed by atoms with E-state index in [2.05, 4.69) is 0 Å². The second-order valence-corrected chi connectivity index (χ2v) is 2.78. The van der Waals surface area contributed by atoms with Crippen LogP contribution in [0.4, 0.5) is 0 Å². The molecule has 0 amide bonds. The maximum Gasteiger partial charge on any atom is 0.178 e. The van der Waals surface area contributed by atoms with Crippen LogP contribution in [0.3, 0.4) is 0 Å². The standard InChI is InChI=1S/C11H16O2/c1-3-5-6-7-11(13)8-10(4-2)9-12/h6-9H,3-5H2,1-2H3/b7-6+,10-8-. The molecule has 0 aliphatic carbocycles. The zero-order chi connectivity index (χ0) is 10.1. The highest BCUT2D eigenvalue weighted by Crippen LogP contribution is 1.97. The van der Waals surface area contributed by atoms with Crippen molar-refractivity contribution in [2.45, 2.75) is 33.1 Å². The van der Waals surface area contributed by atoms with Crippen molar-refractivity contribution in [1.82, 2.24) is 0 Å². The van der Waals surface area contributed by atoms with E-state index in [0.29, 0.717) is 12.0 Å². The van der Waals surface area contributed by atoms with Gasteiger partial charge in [0, 0.05) is 0 Å². The molecule has 2 nitrogen and oxygen atoms in total. The molecule has 0 spiro atoms. The fourth-order valence-corrected chi connectivity index (χ4v) is 0.816. The Balaban J connectivity index is 4.11. The topological polar surface area (TPSA) is 34.1 Å². The number of unbranched alkanes of at least 4 members (excludes halogenated alkanes) is 1. The summed E-state index contributed by atoms with van der Waals surface area (Å²) in [6, 6.07) is 0. The van der Waals surface area contributed by atoms with E-state index in [-0.39, 0.29) is 5.78 Å². The number of allylic oxidation sites excluding steroid dienone is 4. The number of carbonyl (C=O) groups excluding carboxylic acids is 2. The van der Waals surface area contributed by atoms with Crippen LogP contribution in [0.5, 0.6) is 0 Å². The highest BCUT2D eigenvalue weighted by atomic mass is 16.1. The predicted molar refractivity (Wildman–Crippen MR) is 53.5 cm³/mol. The first-order valence-electron chi connectivity index (χ1n) is 4.60. The summed E-state index contributed by atoms with van der Waals surface area (Å²) >= 11 is 0. The van der Waals surface area contributed by atoms with Crippen molar-refractivity contribution >= 4 is 12.1 Å². The average molecular weight is 180 g/mol. The van der Waals surface area contributed by atoms with Crippen LogP contribution in [0.1, 0.15) is 33.1 Å². The summed E-state index contributed by atoms with van der Waals surface area (Å²) in [7, 11) is 0. The quantitative estimate of drug-likeness (QED) is 0.464. The molecule has 0 radical (unpaired) electrons. The van der Waals surface area contributed by atoms with Gasteiger partial charge in [-0.1, -0.05) is 26.3 Å². The van der Waals surface area contributed by atoms with Gasteiger partial charge < -0.3 is 0 Å². The Morgan fingerprint density at radius 3 is 2.46 bits per heavy atom. The SMILES string of the molecule is CCC/C=C/C(=O)/C=C(\C=O)CC. The lowest BCUT2D eigenvalue weighted by Gasteiger charge is -1.90. The van der Waals surface area contributed by atoms with Crippen LogP contribution in [0.2, 0.25) is 0 Å². The van der Waals surface area contributed by atoms with Gasteiger partial charge >= 0.3 is 0 Å². The van der Waals surface area contributed by atoms with Crippen molar-refractivity contribution in [3.05, 3.63) is 23.8 Å². The maximum absolute atomic E-state index is 11.1. The summed E-state index contributed by atoms with van der Waals surface area (Å²) in [5.74, 6) is -0.0996. The van der Waals surface area contributed by atoms with Gasteiger partial charge in [-0.15, -0.1) is 0 Å². The monoisotopic (exact) mass is 180 g/mol. The first kappa shape index (κ1) is 11.8. The lowest BCUT2D eigenvalue weighted by molar-refractivity contribution is -0.111. The molecule has 0 aromatic heterocycles. The minimum absolute atomic E-state index is 0.0996. The minimum Gasteiger partial charge on any atom is -0.298 e. The van der Waals surface area contributed by atoms with Gasteiger partial charge in [-0.3, -0.25) is 9.59 Å². The van der Waals surface area contributed by atoms with Crippen LogP contribution >= 0.6 is 0 Å². The van der Waals surface area contributed by atoms with Gasteiger partial charge in [0.25, 0.3) is 0 Å². The fourth-order valence-electron chi connectivity index (χ4n) is 0.816. The van der Waals surface area contributed by atoms with Crippen LogP contribution in [-0.2, 0) is 9.59 Å². The summed E-state index contributed by atoms with van der Waals surface area (Å²) in [6.07, 6.45) is 8.01. The first-order chi connectivity index (χ1) is 6.24. The molecule has 0 saturated carbocycles. The number of ketones is 1. The van der Waals surface area contributed by atoms with Crippen molar-refractivity contribution in [2.24, 2.45) is 0 Å². The second-order valence-electron chi connectivity index (χ2n) is 2.78. The Bertz CT molecular complexity index is 224. The fraction of sp³-hybridized carbons (Fsp3) is 0.455. The molecule has 0 aromatic carbocycles. The molecule has 0 unspecified atom stereocenters. The van der Waals surface area contributed by atoms with E-state index in [0.717, 1.165) is 19.1 Å². The Kier molecular flexibility index (Phi) is 6.79. The molecule has 2 heteroatoms. The van der Waals surface area contributed by atoms with Gasteiger partial charge in [0.2, 0.25) is 0 Å². The van der Waals surface area contributed by atoms with Crippen molar-refractivity contribution in [1.29, 1.82) is 0 Å². The molecule has 0 heterocycles. The summed E-state index contributed by atoms with van der Waals surface area (Å²) in [5, 5.41) is 0. The zero-order valence-electron chi connectivity index (χ0n) is 8.25. The Labute approximate surface area is 79.3 Å². The number of hydrogen-bond acceptors (Lipinski definition) is 2. The van der Waals surface area contributed by atoms with Gasteiger partial charge in [-0.25, -0.2) is 0 Å². The van der Waals surface area contributed by atoms with Crippen LogP contribution < -0.4 is 0 Å². The smallest absolute Gasteiger partial charge is 0.178 e. The lowest BCUT2D eigenvalue weighted by Crippen LogP contribution is -1.91. The molecule has 0 fully saturated rings. The molecule has 0 rings (SSSR count). The average Bonchev–Trinajstić information content (AvgIpc) is 2.14. The molecule has 13 heavy (non-hydrogen) atoms. The number of carbonyl (C=O) groups is 2. The van der Waals surface area contributed by atoms with Gasteiger partial charge in [0.1, 0.15) is 6.29 Å². The van der Waals surface area contributed by atoms with E-state index in [1.165, 1.54) is 12.2 Å². The molecule has 0 atom stereocenters. The molecular formula is C11H16O2. The van der Waals surface area contributed by atoms with Crippen LogP contribution in [-0.4, -0.2) is 12.1 Å². The molecule has 0 saturated heterocycles. The Morgan fingerprint density at radius 1 is 1.31 bits per heavy atom.